The van der Waals surface area contributed by atoms with E-state index in [9.17, 15) is 24.3 Å². The quantitative estimate of drug-likeness (QED) is 0.383. The van der Waals surface area contributed by atoms with E-state index in [4.69, 9.17) is 21.1 Å². The van der Waals surface area contributed by atoms with Crippen LogP contribution in [0, 0.1) is 11.8 Å². The second-order valence-electron chi connectivity index (χ2n) is 11.9. The van der Waals surface area contributed by atoms with Crippen LogP contribution in [0.5, 0.6) is 0 Å². The van der Waals surface area contributed by atoms with Gasteiger partial charge in [0.15, 0.2) is 0 Å². The molecule has 1 spiro atoms. The average molecular weight is 634 g/mol. The van der Waals surface area contributed by atoms with Crippen LogP contribution in [0.25, 0.3) is 0 Å². The van der Waals surface area contributed by atoms with Crippen molar-refractivity contribution in [2.24, 2.45) is 11.8 Å². The summed E-state index contributed by atoms with van der Waals surface area (Å²) in [5.74, 6) is -3.84. The third-order valence-corrected chi connectivity index (χ3v) is 9.36. The highest BCUT2D eigenvalue weighted by molar-refractivity contribution is 6.34. The number of hydrogen-bond acceptors (Lipinski definition) is 7. The summed E-state index contributed by atoms with van der Waals surface area (Å²) in [6.45, 7) is 1.47. The Bertz CT molecular complexity index is 1530. The van der Waals surface area contributed by atoms with E-state index >= 15 is 0 Å². The second-order valence-corrected chi connectivity index (χ2v) is 12.3. The number of benzene rings is 2. The molecular formula is C34H36ClN3O7. The van der Waals surface area contributed by atoms with Crippen LogP contribution in [-0.2, 0) is 35.1 Å². The standard InChI is InChI=1S/C34H36ClN3O7/c1-21-19-36-27(40)14-6-3-9-17-37(25-13-8-7-12-24(25)35)32(42)30-34-16-15-26(45-34)28(33(43)44-21)29(34)31(41)38(30)23(20-39)18-22-10-4-2-5-11-22/h2-5,7-13,15-16,21,23,26,28-30,39H,6,14,17-20H2,1H3,(H,36,40)/b9-3-/t21-,23-,26+,28-,29-,30+,34-/m1/s1. The number of cyclic esters (lactones) is 1. The zero-order chi connectivity index (χ0) is 31.7. The summed E-state index contributed by atoms with van der Waals surface area (Å²) in [6.07, 6.45) is 6.52. The van der Waals surface area contributed by atoms with Gasteiger partial charge in [-0.25, -0.2) is 0 Å². The van der Waals surface area contributed by atoms with Crippen molar-refractivity contribution in [2.45, 2.75) is 56.1 Å². The summed E-state index contributed by atoms with van der Waals surface area (Å²) < 4.78 is 12.2. The molecule has 7 atom stereocenters. The molecule has 2 N–H and O–H groups in total. The first-order valence-electron chi connectivity index (χ1n) is 15.3. The molecule has 0 aromatic heterocycles. The van der Waals surface area contributed by atoms with Crippen LogP contribution in [0.15, 0.2) is 78.9 Å². The first-order chi connectivity index (χ1) is 21.7. The smallest absolute Gasteiger partial charge is 0.313 e. The number of carbonyl (C=O) groups is 4. The van der Waals surface area contributed by atoms with E-state index in [1.165, 1.54) is 9.80 Å². The van der Waals surface area contributed by atoms with Gasteiger partial charge in [0.1, 0.15) is 23.7 Å². The number of aliphatic hydroxyl groups excluding tert-OH is 1. The minimum atomic E-state index is -1.47. The Morgan fingerprint density at radius 2 is 1.80 bits per heavy atom. The summed E-state index contributed by atoms with van der Waals surface area (Å²) >= 11 is 6.63. The van der Waals surface area contributed by atoms with Crippen molar-refractivity contribution in [1.82, 2.24) is 10.2 Å². The van der Waals surface area contributed by atoms with Crippen molar-refractivity contribution in [2.75, 3.05) is 24.6 Å². The lowest BCUT2D eigenvalue weighted by Gasteiger charge is -2.39. The van der Waals surface area contributed by atoms with E-state index in [1.807, 2.05) is 36.4 Å². The molecule has 10 nitrogen and oxygen atoms in total. The molecule has 0 aliphatic carbocycles. The number of nitrogens with zero attached hydrogens (tertiary/aromatic N) is 2. The first-order valence-corrected chi connectivity index (χ1v) is 15.6. The molecule has 4 aliphatic heterocycles. The van der Waals surface area contributed by atoms with Crippen LogP contribution in [0.4, 0.5) is 5.69 Å². The third-order valence-electron chi connectivity index (χ3n) is 9.04. The molecular weight excluding hydrogens is 598 g/mol. The summed E-state index contributed by atoms with van der Waals surface area (Å²) in [5.41, 5.74) is -0.166. The number of aliphatic hydroxyl groups is 1. The molecule has 2 aromatic carbocycles. The summed E-state index contributed by atoms with van der Waals surface area (Å²) in [7, 11) is 0. The van der Waals surface area contributed by atoms with E-state index in [0.717, 1.165) is 5.56 Å². The van der Waals surface area contributed by atoms with Gasteiger partial charge < -0.3 is 29.7 Å². The minimum absolute atomic E-state index is 0.0988. The van der Waals surface area contributed by atoms with Crippen molar-refractivity contribution < 1.29 is 33.8 Å². The van der Waals surface area contributed by atoms with Gasteiger partial charge >= 0.3 is 5.97 Å². The predicted octanol–water partition coefficient (Wildman–Crippen LogP) is 2.83. The van der Waals surface area contributed by atoms with Gasteiger partial charge in [-0.3, -0.25) is 19.2 Å². The molecule has 4 aliphatic rings. The van der Waals surface area contributed by atoms with Gasteiger partial charge in [-0.1, -0.05) is 78.4 Å². The molecule has 45 heavy (non-hydrogen) atoms. The highest BCUT2D eigenvalue weighted by Crippen LogP contribution is 2.56. The van der Waals surface area contributed by atoms with Crippen LogP contribution in [-0.4, -0.2) is 83.3 Å². The normalized spacial score (nSPS) is 31.5. The number of rotatable bonds is 5. The van der Waals surface area contributed by atoms with Gasteiger partial charge in [-0.05, 0) is 37.5 Å². The van der Waals surface area contributed by atoms with Gasteiger partial charge in [-0.15, -0.1) is 0 Å². The maximum absolute atomic E-state index is 15.0. The molecule has 2 saturated heterocycles. The van der Waals surface area contributed by atoms with Gasteiger partial charge in [-0.2, -0.15) is 0 Å². The number of para-hydroxylation sites is 1. The number of amides is 3. The van der Waals surface area contributed by atoms with Crippen LogP contribution in [0.2, 0.25) is 5.02 Å². The Morgan fingerprint density at radius 3 is 2.56 bits per heavy atom. The van der Waals surface area contributed by atoms with Gasteiger partial charge in [0.2, 0.25) is 11.8 Å². The van der Waals surface area contributed by atoms with E-state index in [-0.39, 0.29) is 31.8 Å². The molecule has 3 amide bonds. The summed E-state index contributed by atoms with van der Waals surface area (Å²) in [5, 5.41) is 13.8. The van der Waals surface area contributed by atoms with Gasteiger partial charge in [0.05, 0.1) is 41.9 Å². The number of anilines is 1. The molecule has 2 aromatic rings. The topological polar surface area (TPSA) is 125 Å². The number of carbonyl (C=O) groups excluding carboxylic acids is 4. The zero-order valence-corrected chi connectivity index (χ0v) is 25.6. The fourth-order valence-electron chi connectivity index (χ4n) is 6.99. The molecule has 6 rings (SSSR count). The maximum atomic E-state index is 15.0. The van der Waals surface area contributed by atoms with Crippen molar-refractivity contribution in [3.05, 3.63) is 89.5 Å². The number of allylic oxidation sites excluding steroid dienone is 1. The second kappa shape index (κ2) is 12.8. The lowest BCUT2D eigenvalue weighted by molar-refractivity contribution is -0.159. The molecule has 4 heterocycles. The molecule has 236 valence electrons. The average Bonchev–Trinajstić information content (AvgIpc) is 3.68. The monoisotopic (exact) mass is 633 g/mol. The van der Waals surface area contributed by atoms with E-state index in [1.54, 1.807) is 49.4 Å². The highest BCUT2D eigenvalue weighted by atomic mass is 35.5. The molecule has 2 fully saturated rings. The largest absolute Gasteiger partial charge is 0.460 e. The maximum Gasteiger partial charge on any atom is 0.313 e. The van der Waals surface area contributed by atoms with Crippen LogP contribution >= 0.6 is 11.6 Å². The van der Waals surface area contributed by atoms with Crippen molar-refractivity contribution in [3.63, 3.8) is 0 Å². The summed E-state index contributed by atoms with van der Waals surface area (Å²) in [6, 6.07) is 14.3. The number of hydrogen-bond donors (Lipinski definition) is 2. The van der Waals surface area contributed by atoms with Gasteiger partial charge in [0, 0.05) is 13.0 Å². The fourth-order valence-corrected chi connectivity index (χ4v) is 7.23. The molecule has 5 bridgehead atoms. The first kappa shape index (κ1) is 31.0. The lowest BCUT2D eigenvalue weighted by Crippen LogP contribution is -2.59. The number of ether oxygens (including phenoxy) is 2. The van der Waals surface area contributed by atoms with E-state index in [0.29, 0.717) is 17.1 Å². The molecule has 0 radical (unpaired) electrons. The Hall–Kier alpha value is -3.99. The number of halogens is 1. The van der Waals surface area contributed by atoms with Crippen LogP contribution < -0.4 is 10.2 Å². The zero-order valence-electron chi connectivity index (χ0n) is 24.9. The van der Waals surface area contributed by atoms with E-state index in [2.05, 4.69) is 5.32 Å². The molecule has 11 heteroatoms. The number of fused-ring (bicyclic) bond motifs is 2. The van der Waals surface area contributed by atoms with Crippen molar-refractivity contribution in [1.29, 1.82) is 0 Å². The number of nitrogens with one attached hydrogen (secondary N) is 1. The Morgan fingerprint density at radius 1 is 1.04 bits per heavy atom. The van der Waals surface area contributed by atoms with Crippen molar-refractivity contribution >= 4 is 41.0 Å². The highest BCUT2D eigenvalue weighted by Gasteiger charge is 2.74. The Balaban J connectivity index is 1.47. The van der Waals surface area contributed by atoms with Crippen molar-refractivity contribution in [3.8, 4) is 0 Å². The van der Waals surface area contributed by atoms with Crippen LogP contribution in [0.1, 0.15) is 25.3 Å². The molecule has 0 unspecified atom stereocenters. The fraction of sp³-hybridized carbons (Fsp3) is 0.412. The predicted molar refractivity (Wildman–Crippen MR) is 166 cm³/mol. The minimum Gasteiger partial charge on any atom is -0.460 e. The van der Waals surface area contributed by atoms with Crippen LogP contribution in [0.3, 0.4) is 0 Å². The third kappa shape index (κ3) is 5.67. The van der Waals surface area contributed by atoms with Gasteiger partial charge in [0.25, 0.3) is 5.91 Å². The Labute approximate surface area is 266 Å². The van der Waals surface area contributed by atoms with E-state index < -0.39 is 66.1 Å². The Kier molecular flexibility index (Phi) is 8.81. The molecule has 0 saturated carbocycles. The number of esters is 1. The SMILES string of the molecule is C[C@@H]1CNC(=O)CC/C=C\CN(c2ccccc2Cl)C(=O)[C@@H]2N([C@@H](CO)Cc3ccccc3)C(=O)[C@H]3[C@H](C(=O)O1)[C@@H]1C=C[C@]23O1. The number of likely N-dealkylation sites (tertiary alicyclic amines) is 1. The lowest BCUT2D eigenvalue weighted by atomic mass is 9.74. The summed E-state index contributed by atoms with van der Waals surface area (Å²) in [4.78, 5) is 58.5.